The summed E-state index contributed by atoms with van der Waals surface area (Å²) in [7, 11) is 0. The lowest BCUT2D eigenvalue weighted by Gasteiger charge is -2.27. The van der Waals surface area contributed by atoms with Crippen LogP contribution in [0.25, 0.3) is 0 Å². The fourth-order valence-electron chi connectivity index (χ4n) is 2.67. The third-order valence-electron chi connectivity index (χ3n) is 3.55. The van der Waals surface area contributed by atoms with Gasteiger partial charge in [-0.15, -0.1) is 0 Å². The number of hydrogen-bond donors (Lipinski definition) is 1. The molecule has 1 fully saturated rings. The maximum atomic E-state index is 12.9. The molecule has 0 bridgehead atoms. The Kier molecular flexibility index (Phi) is 3.56. The van der Waals surface area contributed by atoms with Crippen LogP contribution in [-0.4, -0.2) is 24.5 Å². The molecule has 88 valence electrons. The van der Waals surface area contributed by atoms with Crippen molar-refractivity contribution >= 4 is 0 Å². The van der Waals surface area contributed by atoms with Gasteiger partial charge in [-0.25, -0.2) is 4.39 Å². The largest absolute Gasteiger partial charge is 0.330 e. The van der Waals surface area contributed by atoms with Gasteiger partial charge in [0.15, 0.2) is 0 Å². The van der Waals surface area contributed by atoms with Gasteiger partial charge in [0.2, 0.25) is 0 Å². The zero-order chi connectivity index (χ0) is 11.5. The molecule has 3 heteroatoms. The number of likely N-dealkylation sites (tertiary alicyclic amines) is 1. The highest BCUT2D eigenvalue weighted by Crippen LogP contribution is 2.36. The van der Waals surface area contributed by atoms with Crippen LogP contribution in [-0.2, 0) is 0 Å². The Bertz CT molecular complexity index is 324. The Labute approximate surface area is 96.2 Å². The molecule has 1 aliphatic heterocycles. The maximum absolute atomic E-state index is 12.9. The van der Waals surface area contributed by atoms with Crippen molar-refractivity contribution in [1.29, 1.82) is 0 Å². The van der Waals surface area contributed by atoms with E-state index in [1.807, 2.05) is 12.1 Å². The number of benzene rings is 1. The van der Waals surface area contributed by atoms with E-state index in [2.05, 4.69) is 11.8 Å². The van der Waals surface area contributed by atoms with Gasteiger partial charge in [-0.1, -0.05) is 19.1 Å². The summed E-state index contributed by atoms with van der Waals surface area (Å²) in [6, 6.07) is 7.22. The number of nitrogens with two attached hydrogens (primary N) is 1. The van der Waals surface area contributed by atoms with Crippen LogP contribution in [0, 0.1) is 11.7 Å². The monoisotopic (exact) mass is 222 g/mol. The number of nitrogens with zero attached hydrogens (tertiary/aromatic N) is 1. The number of rotatable bonds is 3. The quantitative estimate of drug-likeness (QED) is 0.849. The summed E-state index contributed by atoms with van der Waals surface area (Å²) in [6.45, 7) is 4.99. The first kappa shape index (κ1) is 11.6. The fraction of sp³-hybridized carbons (Fsp3) is 0.538. The Morgan fingerprint density at radius 3 is 2.62 bits per heavy atom. The molecule has 2 nitrogen and oxygen atoms in total. The van der Waals surface area contributed by atoms with E-state index in [0.717, 1.165) is 19.5 Å². The van der Waals surface area contributed by atoms with Crippen LogP contribution < -0.4 is 5.73 Å². The third kappa shape index (κ3) is 2.11. The van der Waals surface area contributed by atoms with Crippen LogP contribution in [0.15, 0.2) is 24.3 Å². The second kappa shape index (κ2) is 4.93. The lowest BCUT2D eigenvalue weighted by molar-refractivity contribution is 0.242. The molecule has 1 aliphatic rings. The molecule has 16 heavy (non-hydrogen) atoms. The van der Waals surface area contributed by atoms with Crippen LogP contribution in [0.4, 0.5) is 4.39 Å². The predicted octanol–water partition coefficient (Wildman–Crippen LogP) is 2.17. The van der Waals surface area contributed by atoms with E-state index in [9.17, 15) is 4.39 Å². The molecule has 1 aromatic rings. The highest BCUT2D eigenvalue weighted by atomic mass is 19.1. The highest BCUT2D eigenvalue weighted by Gasteiger charge is 2.33. The second-order valence-electron chi connectivity index (χ2n) is 4.41. The van der Waals surface area contributed by atoms with Crippen molar-refractivity contribution in [1.82, 2.24) is 4.90 Å². The van der Waals surface area contributed by atoms with Crippen molar-refractivity contribution in [2.24, 2.45) is 11.7 Å². The van der Waals surface area contributed by atoms with Gasteiger partial charge in [0.25, 0.3) is 0 Å². The number of hydrogen-bond acceptors (Lipinski definition) is 2. The lowest BCUT2D eigenvalue weighted by atomic mass is 9.94. The van der Waals surface area contributed by atoms with Crippen molar-refractivity contribution < 1.29 is 4.39 Å². The first-order chi connectivity index (χ1) is 7.76. The normalized spacial score (nSPS) is 26.2. The average molecular weight is 222 g/mol. The second-order valence-corrected chi connectivity index (χ2v) is 4.41. The van der Waals surface area contributed by atoms with Crippen molar-refractivity contribution in [2.45, 2.75) is 19.4 Å². The average Bonchev–Trinajstić information content (AvgIpc) is 2.73. The SMILES string of the molecule is CCN1CCC(CN)C1c1ccc(F)cc1. The summed E-state index contributed by atoms with van der Waals surface area (Å²) in [6.07, 6.45) is 1.15. The molecule has 1 aromatic carbocycles. The molecule has 1 heterocycles. The van der Waals surface area contributed by atoms with Gasteiger partial charge in [-0.2, -0.15) is 0 Å². The van der Waals surface area contributed by atoms with Crippen LogP contribution in [0.2, 0.25) is 0 Å². The van der Waals surface area contributed by atoms with Gasteiger partial charge in [0, 0.05) is 6.04 Å². The Balaban J connectivity index is 2.24. The summed E-state index contributed by atoms with van der Waals surface area (Å²) < 4.78 is 12.9. The van der Waals surface area contributed by atoms with Gasteiger partial charge in [0.05, 0.1) is 0 Å². The molecule has 1 saturated heterocycles. The minimum absolute atomic E-state index is 0.172. The summed E-state index contributed by atoms with van der Waals surface area (Å²) in [5, 5.41) is 0. The maximum Gasteiger partial charge on any atom is 0.123 e. The van der Waals surface area contributed by atoms with Crippen molar-refractivity contribution in [3.05, 3.63) is 35.6 Å². The van der Waals surface area contributed by atoms with Crippen LogP contribution in [0.1, 0.15) is 24.9 Å². The third-order valence-corrected chi connectivity index (χ3v) is 3.55. The van der Waals surface area contributed by atoms with E-state index in [4.69, 9.17) is 5.73 Å². The first-order valence-corrected chi connectivity index (χ1v) is 5.95. The Morgan fingerprint density at radius 2 is 2.06 bits per heavy atom. The molecule has 2 rings (SSSR count). The van der Waals surface area contributed by atoms with Crippen LogP contribution in [0.3, 0.4) is 0 Å². The van der Waals surface area contributed by atoms with E-state index >= 15 is 0 Å². The summed E-state index contributed by atoms with van der Waals surface area (Å²) in [5.41, 5.74) is 7.00. The first-order valence-electron chi connectivity index (χ1n) is 5.95. The molecule has 0 saturated carbocycles. The van der Waals surface area contributed by atoms with Gasteiger partial charge < -0.3 is 5.73 Å². The van der Waals surface area contributed by atoms with E-state index in [1.165, 1.54) is 17.7 Å². The predicted molar refractivity (Wildman–Crippen MR) is 63.5 cm³/mol. The molecule has 0 radical (unpaired) electrons. The summed E-state index contributed by atoms with van der Waals surface area (Å²) >= 11 is 0. The van der Waals surface area contributed by atoms with Crippen molar-refractivity contribution in [3.63, 3.8) is 0 Å². The van der Waals surface area contributed by atoms with E-state index in [0.29, 0.717) is 18.5 Å². The van der Waals surface area contributed by atoms with Crippen molar-refractivity contribution in [2.75, 3.05) is 19.6 Å². The smallest absolute Gasteiger partial charge is 0.123 e. The zero-order valence-corrected chi connectivity index (χ0v) is 9.70. The Hall–Kier alpha value is -0.930. The molecule has 0 amide bonds. The zero-order valence-electron chi connectivity index (χ0n) is 9.70. The van der Waals surface area contributed by atoms with Crippen molar-refractivity contribution in [3.8, 4) is 0 Å². The highest BCUT2D eigenvalue weighted by molar-refractivity contribution is 5.22. The molecule has 2 atom stereocenters. The van der Waals surface area contributed by atoms with E-state index in [-0.39, 0.29) is 5.82 Å². The van der Waals surface area contributed by atoms with Gasteiger partial charge in [-0.05, 0) is 49.7 Å². The van der Waals surface area contributed by atoms with Crippen LogP contribution in [0.5, 0.6) is 0 Å². The summed E-state index contributed by atoms with van der Waals surface area (Å²) in [4.78, 5) is 2.42. The van der Waals surface area contributed by atoms with E-state index < -0.39 is 0 Å². The topological polar surface area (TPSA) is 29.3 Å². The van der Waals surface area contributed by atoms with Gasteiger partial charge >= 0.3 is 0 Å². The molecule has 2 N–H and O–H groups in total. The lowest BCUT2D eigenvalue weighted by Crippen LogP contribution is -2.28. The standard InChI is InChI=1S/C13H19FN2/c1-2-16-8-7-11(9-15)13(16)10-3-5-12(14)6-4-10/h3-6,11,13H,2,7-9,15H2,1H3. The molecular formula is C13H19FN2. The minimum Gasteiger partial charge on any atom is -0.330 e. The van der Waals surface area contributed by atoms with E-state index in [1.54, 1.807) is 0 Å². The molecule has 2 unspecified atom stereocenters. The molecule has 0 aromatic heterocycles. The van der Waals surface area contributed by atoms with Gasteiger partial charge in [0.1, 0.15) is 5.82 Å². The molecular weight excluding hydrogens is 203 g/mol. The van der Waals surface area contributed by atoms with Gasteiger partial charge in [-0.3, -0.25) is 4.90 Å². The molecule has 0 aliphatic carbocycles. The molecule has 0 spiro atoms. The minimum atomic E-state index is -0.172. The fourth-order valence-corrected chi connectivity index (χ4v) is 2.67. The Morgan fingerprint density at radius 1 is 1.38 bits per heavy atom. The number of halogens is 1. The summed E-state index contributed by atoms with van der Waals surface area (Å²) in [5.74, 6) is 0.333. The van der Waals surface area contributed by atoms with Crippen LogP contribution >= 0.6 is 0 Å².